The van der Waals surface area contributed by atoms with Crippen molar-refractivity contribution in [2.24, 2.45) is 0 Å². The minimum Gasteiger partial charge on any atom is -0.495 e. The Bertz CT molecular complexity index is 1050. The van der Waals surface area contributed by atoms with Crippen LogP contribution in [-0.2, 0) is 4.74 Å². The van der Waals surface area contributed by atoms with Crippen LogP contribution in [-0.4, -0.2) is 48.7 Å². The van der Waals surface area contributed by atoms with E-state index in [1.54, 1.807) is 7.11 Å². The lowest BCUT2D eigenvalue weighted by molar-refractivity contribution is 0.102. The summed E-state index contributed by atoms with van der Waals surface area (Å²) in [5, 5.41) is 3.02. The van der Waals surface area contributed by atoms with Crippen molar-refractivity contribution >= 4 is 22.8 Å². The Balaban J connectivity index is 1.47. The number of aromatic nitrogens is 2. The van der Waals surface area contributed by atoms with Gasteiger partial charge in [0, 0.05) is 30.9 Å². The van der Waals surface area contributed by atoms with Gasteiger partial charge in [-0.2, -0.15) is 0 Å². The van der Waals surface area contributed by atoms with Gasteiger partial charge in [-0.3, -0.25) is 4.79 Å². The maximum atomic E-state index is 13.2. The quantitative estimate of drug-likeness (QED) is 0.722. The number of ether oxygens (including phenoxy) is 2. The van der Waals surface area contributed by atoms with Crippen LogP contribution in [0.2, 0.25) is 0 Å². The summed E-state index contributed by atoms with van der Waals surface area (Å²) in [6.07, 6.45) is 4.24. The normalized spacial score (nSPS) is 16.8. The molecule has 1 aromatic carbocycles. The summed E-state index contributed by atoms with van der Waals surface area (Å²) in [6, 6.07) is 11.7. The topological polar surface area (TPSA) is 68.1 Å². The molecule has 1 aliphatic carbocycles. The van der Waals surface area contributed by atoms with Gasteiger partial charge in [-0.05, 0) is 43.2 Å². The predicted molar refractivity (Wildman–Crippen MR) is 111 cm³/mol. The molecule has 0 spiro atoms. The lowest BCUT2D eigenvalue weighted by Crippen LogP contribution is -2.36. The highest BCUT2D eigenvalue weighted by Gasteiger charge is 2.30. The fourth-order valence-electron chi connectivity index (χ4n) is 3.85. The third-order valence-electron chi connectivity index (χ3n) is 5.54. The lowest BCUT2D eigenvalue weighted by atomic mass is 10.2. The standard InChI is InChI=1S/C22H24N4O3/c1-28-19-8-7-16(25-10-12-29-13-11-25)14-17(19)23-22(27)20-18-4-2-3-9-26(18)21(24-20)15-5-6-15/h2-4,7-9,14-15H,5-6,10-13H2,1H3,(H,23,27). The summed E-state index contributed by atoms with van der Waals surface area (Å²) in [4.78, 5) is 20.1. The molecule has 5 rings (SSSR count). The molecule has 3 aromatic rings. The van der Waals surface area contributed by atoms with Gasteiger partial charge in [-0.25, -0.2) is 4.98 Å². The Hall–Kier alpha value is -3.06. The Morgan fingerprint density at radius 3 is 2.79 bits per heavy atom. The van der Waals surface area contributed by atoms with Crippen molar-refractivity contribution in [1.82, 2.24) is 9.38 Å². The number of nitrogens with zero attached hydrogens (tertiary/aromatic N) is 3. The SMILES string of the molecule is COc1ccc(N2CCOCC2)cc1NC(=O)c1nc(C2CC2)n2ccccc12. The Kier molecular flexibility index (Phi) is 4.60. The van der Waals surface area contributed by atoms with E-state index in [-0.39, 0.29) is 5.91 Å². The molecule has 1 amide bonds. The molecular formula is C22H24N4O3. The van der Waals surface area contributed by atoms with Gasteiger partial charge in [-0.1, -0.05) is 6.07 Å². The molecule has 1 saturated heterocycles. The van der Waals surface area contributed by atoms with Crippen LogP contribution in [0.5, 0.6) is 5.75 Å². The first kappa shape index (κ1) is 18.0. The monoisotopic (exact) mass is 392 g/mol. The minimum absolute atomic E-state index is 0.224. The molecule has 2 aromatic heterocycles. The Morgan fingerprint density at radius 2 is 2.03 bits per heavy atom. The van der Waals surface area contributed by atoms with Crippen molar-refractivity contribution in [2.75, 3.05) is 43.6 Å². The number of benzene rings is 1. The first-order chi connectivity index (χ1) is 14.2. The molecule has 0 radical (unpaired) electrons. The van der Waals surface area contributed by atoms with Gasteiger partial charge in [0.2, 0.25) is 0 Å². The number of nitrogens with one attached hydrogen (secondary N) is 1. The van der Waals surface area contributed by atoms with E-state index in [2.05, 4.69) is 10.2 Å². The summed E-state index contributed by atoms with van der Waals surface area (Å²) in [5.41, 5.74) is 2.96. The summed E-state index contributed by atoms with van der Waals surface area (Å²) in [5.74, 6) is 1.82. The number of methoxy groups -OCH3 is 1. The molecule has 0 unspecified atom stereocenters. The van der Waals surface area contributed by atoms with Crippen molar-refractivity contribution < 1.29 is 14.3 Å². The molecule has 2 fully saturated rings. The Labute approximate surface area is 169 Å². The molecule has 1 N–H and O–H groups in total. The van der Waals surface area contributed by atoms with Crippen LogP contribution < -0.4 is 15.0 Å². The van der Waals surface area contributed by atoms with Crippen LogP contribution >= 0.6 is 0 Å². The zero-order chi connectivity index (χ0) is 19.8. The molecule has 29 heavy (non-hydrogen) atoms. The molecule has 7 heteroatoms. The van der Waals surface area contributed by atoms with E-state index in [0.717, 1.165) is 43.0 Å². The van der Waals surface area contributed by atoms with E-state index >= 15 is 0 Å². The van der Waals surface area contributed by atoms with E-state index < -0.39 is 0 Å². The second-order valence-corrected chi connectivity index (χ2v) is 7.49. The van der Waals surface area contributed by atoms with Gasteiger partial charge in [0.05, 0.1) is 31.5 Å². The number of imidazole rings is 1. The molecule has 3 heterocycles. The Morgan fingerprint density at radius 1 is 1.21 bits per heavy atom. The number of hydrogen-bond donors (Lipinski definition) is 1. The molecule has 1 saturated carbocycles. The minimum atomic E-state index is -0.224. The lowest BCUT2D eigenvalue weighted by Gasteiger charge is -2.29. The molecule has 0 atom stereocenters. The number of carbonyl (C=O) groups excluding carboxylic acids is 1. The number of fused-ring (bicyclic) bond motifs is 1. The summed E-state index contributed by atoms with van der Waals surface area (Å²) < 4.78 is 13.0. The van der Waals surface area contributed by atoms with Gasteiger partial charge in [0.15, 0.2) is 5.69 Å². The van der Waals surface area contributed by atoms with Crippen LogP contribution in [0.3, 0.4) is 0 Å². The van der Waals surface area contributed by atoms with E-state index in [4.69, 9.17) is 14.5 Å². The van der Waals surface area contributed by atoms with Crippen molar-refractivity contribution in [3.63, 3.8) is 0 Å². The number of carbonyl (C=O) groups is 1. The third-order valence-corrected chi connectivity index (χ3v) is 5.54. The van der Waals surface area contributed by atoms with Gasteiger partial charge < -0.3 is 24.1 Å². The number of anilines is 2. The first-order valence-electron chi connectivity index (χ1n) is 10.0. The maximum Gasteiger partial charge on any atom is 0.276 e. The maximum absolute atomic E-state index is 13.2. The van der Waals surface area contributed by atoms with Crippen LogP contribution in [0.4, 0.5) is 11.4 Å². The first-order valence-corrected chi connectivity index (χ1v) is 10.0. The van der Waals surface area contributed by atoms with Gasteiger partial charge in [0.1, 0.15) is 11.6 Å². The molecular weight excluding hydrogens is 368 g/mol. The highest BCUT2D eigenvalue weighted by molar-refractivity contribution is 6.08. The van der Waals surface area contributed by atoms with Crippen molar-refractivity contribution in [2.45, 2.75) is 18.8 Å². The third kappa shape index (κ3) is 3.42. The van der Waals surface area contributed by atoms with Gasteiger partial charge in [0.25, 0.3) is 5.91 Å². The number of rotatable bonds is 5. The average molecular weight is 392 g/mol. The van der Waals surface area contributed by atoms with Crippen LogP contribution in [0.1, 0.15) is 35.1 Å². The number of amides is 1. The smallest absolute Gasteiger partial charge is 0.276 e. The summed E-state index contributed by atoms with van der Waals surface area (Å²) in [7, 11) is 1.61. The molecule has 0 bridgehead atoms. The summed E-state index contributed by atoms with van der Waals surface area (Å²) >= 11 is 0. The molecule has 150 valence electrons. The second kappa shape index (κ2) is 7.40. The summed E-state index contributed by atoms with van der Waals surface area (Å²) in [6.45, 7) is 3.07. The molecule has 7 nitrogen and oxygen atoms in total. The zero-order valence-electron chi connectivity index (χ0n) is 16.4. The molecule has 2 aliphatic rings. The highest BCUT2D eigenvalue weighted by atomic mass is 16.5. The van der Waals surface area contributed by atoms with Crippen LogP contribution in [0.15, 0.2) is 42.6 Å². The highest BCUT2D eigenvalue weighted by Crippen LogP contribution is 2.40. The number of morpholine rings is 1. The number of pyridine rings is 1. The van der Waals surface area contributed by atoms with E-state index in [0.29, 0.717) is 36.3 Å². The van der Waals surface area contributed by atoms with Crippen LogP contribution in [0, 0.1) is 0 Å². The van der Waals surface area contributed by atoms with Crippen molar-refractivity contribution in [3.8, 4) is 5.75 Å². The number of hydrogen-bond acceptors (Lipinski definition) is 5. The van der Waals surface area contributed by atoms with E-state index in [1.165, 1.54) is 0 Å². The van der Waals surface area contributed by atoms with E-state index in [9.17, 15) is 4.79 Å². The molecule has 1 aliphatic heterocycles. The van der Waals surface area contributed by atoms with Crippen molar-refractivity contribution in [1.29, 1.82) is 0 Å². The fourth-order valence-corrected chi connectivity index (χ4v) is 3.85. The second-order valence-electron chi connectivity index (χ2n) is 7.49. The fraction of sp³-hybridized carbons (Fsp3) is 0.364. The van der Waals surface area contributed by atoms with Crippen LogP contribution in [0.25, 0.3) is 5.52 Å². The van der Waals surface area contributed by atoms with Gasteiger partial charge in [-0.15, -0.1) is 0 Å². The average Bonchev–Trinajstić information content (AvgIpc) is 3.54. The zero-order valence-corrected chi connectivity index (χ0v) is 16.4. The van der Waals surface area contributed by atoms with Crippen molar-refractivity contribution in [3.05, 3.63) is 54.1 Å². The van der Waals surface area contributed by atoms with Gasteiger partial charge >= 0.3 is 0 Å². The largest absolute Gasteiger partial charge is 0.495 e. The predicted octanol–water partition coefficient (Wildman–Crippen LogP) is 3.31. The van der Waals surface area contributed by atoms with E-state index in [1.807, 2.05) is 47.0 Å².